The van der Waals surface area contributed by atoms with Crippen LogP contribution in [-0.4, -0.2) is 93.8 Å². The van der Waals surface area contributed by atoms with Gasteiger partial charge in [-0.15, -0.1) is 0 Å². The summed E-state index contributed by atoms with van der Waals surface area (Å²) in [7, 11) is 0. The van der Waals surface area contributed by atoms with Crippen LogP contribution in [0.1, 0.15) is 286 Å². The van der Waals surface area contributed by atoms with Crippen molar-refractivity contribution >= 4 is 35.8 Å². The van der Waals surface area contributed by atoms with Gasteiger partial charge in [-0.25, -0.2) is 0 Å². The highest BCUT2D eigenvalue weighted by Crippen LogP contribution is 2.72. The molecule has 15 fully saturated rings. The number of hydrogen-bond donors (Lipinski definition) is 0. The third-order valence-electron chi connectivity index (χ3n) is 29.2. The fourth-order valence-electron chi connectivity index (χ4n) is 24.2. The molecule has 12 bridgehead atoms. The van der Waals surface area contributed by atoms with E-state index in [1.165, 1.54) is 103 Å². The molecule has 15 heteroatoms. The molecule has 15 nitrogen and oxygen atoms in total. The average molecular weight is 1390 g/mol. The van der Waals surface area contributed by atoms with E-state index in [1.807, 2.05) is 48.5 Å². The minimum Gasteiger partial charge on any atom is -0.462 e. The van der Waals surface area contributed by atoms with E-state index < -0.39 is 5.41 Å². The second-order valence-electron chi connectivity index (χ2n) is 34.3. The number of rotatable bonds is 23. The van der Waals surface area contributed by atoms with Gasteiger partial charge < -0.3 is 42.6 Å². The van der Waals surface area contributed by atoms with E-state index in [1.54, 1.807) is 0 Å². The standard InChI is InChI=1S/C27H42O5.C26H40O5.C25H38O5.6CH4/c1-4-27(2,3)26(29)32-22-13-18-12-21(22)24-19-10-17(23(18)24)11-20(19)25(28)31-15-30-14-16-8-6-5-7-9-16;1-3-15(2)25(27)31-22-12-18-11-21(22)24-19-9-17(23(18)24)10-20(19)26(28)30-14-29-13-16-7-5-4-6-8-16;1-3-14(2)24(26)30-21-12-16-11-20(21)23-18-9-15(22(16)23)10-19(18)25(27)29-13-28-17-7-5-4-6-8-17;;;;;;/h16-24H,4-15H2,1-3H3;15-24H,3-14H2,1-2H3;14-23H,3-13H2,1-2H3;6*1H4. The lowest BCUT2D eigenvalue weighted by atomic mass is 9.66. The van der Waals surface area contributed by atoms with Crippen LogP contribution in [0.4, 0.5) is 0 Å². The summed E-state index contributed by atoms with van der Waals surface area (Å²) in [5, 5.41) is 0. The first-order valence-corrected chi connectivity index (χ1v) is 38.9. The number of ether oxygens (including phenoxy) is 9. The van der Waals surface area contributed by atoms with Gasteiger partial charge in [-0.2, -0.15) is 0 Å². The van der Waals surface area contributed by atoms with E-state index in [0.29, 0.717) is 101 Å². The van der Waals surface area contributed by atoms with Crippen LogP contribution in [0.15, 0.2) is 0 Å². The van der Waals surface area contributed by atoms with Crippen molar-refractivity contribution in [3.8, 4) is 0 Å². The lowest BCUT2D eigenvalue weighted by molar-refractivity contribution is -0.172. The molecule has 15 aliphatic rings. The third-order valence-corrected chi connectivity index (χ3v) is 29.2. The molecule has 0 amide bonds. The molecule has 0 radical (unpaired) electrons. The van der Waals surface area contributed by atoms with Crippen molar-refractivity contribution in [2.24, 2.45) is 153 Å². The Balaban J connectivity index is 0.000000203. The van der Waals surface area contributed by atoms with Crippen LogP contribution in [0.25, 0.3) is 0 Å². The van der Waals surface area contributed by atoms with Crippen molar-refractivity contribution in [1.29, 1.82) is 0 Å². The Morgan fingerprint density at radius 3 is 1.03 bits per heavy atom. The van der Waals surface area contributed by atoms with Crippen molar-refractivity contribution < 1.29 is 71.4 Å². The number of carbonyl (C=O) groups excluding carboxylic acids is 6. The second kappa shape index (κ2) is 36.1. The summed E-state index contributed by atoms with van der Waals surface area (Å²) >= 11 is 0. The Kier molecular flexibility index (Phi) is 30.3. The molecule has 0 aromatic heterocycles. The molecule has 0 N–H and O–H groups in total. The van der Waals surface area contributed by atoms with Crippen molar-refractivity contribution in [3.05, 3.63) is 0 Å². The summed E-state index contributed by atoms with van der Waals surface area (Å²) in [6, 6.07) is 0. The van der Waals surface area contributed by atoms with Crippen LogP contribution in [-0.2, 0) is 71.4 Å². The number of carbonyl (C=O) groups is 6. The molecule has 15 rings (SSSR count). The van der Waals surface area contributed by atoms with Crippen LogP contribution in [0.5, 0.6) is 0 Å². The molecule has 0 heterocycles. The maximum absolute atomic E-state index is 12.9. The lowest BCUT2D eigenvalue weighted by Crippen LogP contribution is -2.43. The monoisotopic (exact) mass is 1390 g/mol. The molecule has 0 saturated heterocycles. The Labute approximate surface area is 601 Å². The highest BCUT2D eigenvalue weighted by molar-refractivity contribution is 5.77. The maximum Gasteiger partial charge on any atom is 0.311 e. The zero-order chi connectivity index (χ0) is 64.8. The van der Waals surface area contributed by atoms with Gasteiger partial charge >= 0.3 is 35.8 Å². The van der Waals surface area contributed by atoms with E-state index in [9.17, 15) is 28.8 Å². The van der Waals surface area contributed by atoms with Gasteiger partial charge in [0.2, 0.25) is 0 Å². The molecule has 0 spiro atoms. The minimum absolute atomic E-state index is 0. The number of esters is 6. The molecule has 0 aliphatic heterocycles. The van der Waals surface area contributed by atoms with Crippen LogP contribution in [0.3, 0.4) is 0 Å². The van der Waals surface area contributed by atoms with Crippen molar-refractivity contribution in [2.45, 2.75) is 310 Å². The Hall–Kier alpha value is -3.30. The molecule has 26 atom stereocenters. The number of hydrogen-bond acceptors (Lipinski definition) is 15. The molecule has 0 aromatic rings. The van der Waals surface area contributed by atoms with Gasteiger partial charge in [-0.1, -0.05) is 137 Å². The Morgan fingerprint density at radius 2 is 0.687 bits per heavy atom. The predicted molar refractivity (Wildman–Crippen MR) is 388 cm³/mol. The van der Waals surface area contributed by atoms with Gasteiger partial charge in [-0.05, 0) is 267 Å². The Morgan fingerprint density at radius 1 is 0.374 bits per heavy atom. The molecule has 0 aromatic carbocycles. The maximum atomic E-state index is 12.9. The first-order valence-electron chi connectivity index (χ1n) is 38.9. The highest BCUT2D eigenvalue weighted by Gasteiger charge is 2.70. The molecule has 15 saturated carbocycles. The summed E-state index contributed by atoms with van der Waals surface area (Å²) < 4.78 is 52.1. The van der Waals surface area contributed by atoms with Gasteiger partial charge in [-0.3, -0.25) is 28.8 Å². The normalized spacial score (nSPS) is 39.2. The van der Waals surface area contributed by atoms with Crippen molar-refractivity contribution in [2.75, 3.05) is 33.6 Å². The lowest BCUT2D eigenvalue weighted by Gasteiger charge is -2.41. The van der Waals surface area contributed by atoms with Crippen molar-refractivity contribution in [1.82, 2.24) is 0 Å². The summed E-state index contributed by atoms with van der Waals surface area (Å²) in [6.07, 6.45) is 34.8. The highest BCUT2D eigenvalue weighted by atomic mass is 16.7. The van der Waals surface area contributed by atoms with Gasteiger partial charge in [0.15, 0.2) is 20.4 Å². The Bertz CT molecular complexity index is 2590. The van der Waals surface area contributed by atoms with Gasteiger partial charge in [0.25, 0.3) is 0 Å². The zero-order valence-corrected chi connectivity index (χ0v) is 58.1. The average Bonchev–Trinajstić information content (AvgIpc) is 1.56. The molecule has 99 heavy (non-hydrogen) atoms. The third kappa shape index (κ3) is 17.2. The predicted octanol–water partition coefficient (Wildman–Crippen LogP) is 18.9. The van der Waals surface area contributed by atoms with Crippen LogP contribution in [0, 0.1) is 153 Å². The summed E-state index contributed by atoms with van der Waals surface area (Å²) in [4.78, 5) is 76.1. The molecule has 15 aliphatic carbocycles. The van der Waals surface area contributed by atoms with E-state index in [-0.39, 0.29) is 155 Å². The minimum atomic E-state index is -0.417. The zero-order valence-electron chi connectivity index (χ0n) is 58.1. The van der Waals surface area contributed by atoms with Crippen LogP contribution >= 0.6 is 0 Å². The molecule has 570 valence electrons. The first-order chi connectivity index (χ1) is 45.0. The largest absolute Gasteiger partial charge is 0.462 e. The SMILES string of the molecule is C.C.C.C.C.C.CCC(C)(C)C(=O)OC1CC2CC1C1C3CC(CC3C(=O)OCOCC3CCCCC3)C21.CCC(C)C(=O)OC1CC2CC1C1C3CC(CC3C(=O)OCOC3CCCCC3)C21.CCC(C)C(=O)OC1CC2CC1C1C3CC(CC3C(=O)OCOCC3CCCCC3)C21. The second-order valence-corrected chi connectivity index (χ2v) is 34.3. The van der Waals surface area contributed by atoms with Crippen molar-refractivity contribution in [3.63, 3.8) is 0 Å². The van der Waals surface area contributed by atoms with Gasteiger partial charge in [0.1, 0.15) is 18.3 Å². The van der Waals surface area contributed by atoms with Gasteiger partial charge in [0, 0.05) is 0 Å². The molecular weight excluding hydrogens is 1250 g/mol. The molecular formula is C84H144O15. The van der Waals surface area contributed by atoms with Gasteiger partial charge in [0.05, 0.1) is 54.3 Å². The fraction of sp³-hybridized carbons (Fsp3) is 0.929. The van der Waals surface area contributed by atoms with E-state index in [2.05, 4.69) is 0 Å². The topological polar surface area (TPSA) is 185 Å². The smallest absolute Gasteiger partial charge is 0.311 e. The van der Waals surface area contributed by atoms with Crippen LogP contribution < -0.4 is 0 Å². The first kappa shape index (κ1) is 83.0. The summed E-state index contributed by atoms with van der Waals surface area (Å²) in [6.45, 7) is 15.8. The number of fused-ring (bicyclic) bond motifs is 27. The van der Waals surface area contributed by atoms with E-state index in [4.69, 9.17) is 42.6 Å². The summed E-state index contributed by atoms with van der Waals surface area (Å²) in [5.41, 5.74) is -0.417. The summed E-state index contributed by atoms with van der Waals surface area (Å²) in [5.74, 6) is 11.5. The van der Waals surface area contributed by atoms with E-state index in [0.717, 1.165) is 121 Å². The van der Waals surface area contributed by atoms with E-state index >= 15 is 0 Å². The molecule has 26 unspecified atom stereocenters. The fourth-order valence-corrected chi connectivity index (χ4v) is 24.2. The quantitative estimate of drug-likeness (QED) is 0.0309. The van der Waals surface area contributed by atoms with Crippen LogP contribution in [0.2, 0.25) is 0 Å².